The number of hydrogen-bond acceptors (Lipinski definition) is 4. The van der Waals surface area contributed by atoms with E-state index in [1.807, 2.05) is 26.0 Å². The Hall–Kier alpha value is -1.71. The van der Waals surface area contributed by atoms with E-state index >= 15 is 0 Å². The minimum Gasteiger partial charge on any atom is -0.504 e. The number of phenols is 1. The van der Waals surface area contributed by atoms with Crippen molar-refractivity contribution in [3.63, 3.8) is 0 Å². The van der Waals surface area contributed by atoms with Crippen LogP contribution in [-0.2, 0) is 9.53 Å². The molecule has 1 aliphatic carbocycles. The van der Waals surface area contributed by atoms with Crippen LogP contribution in [0.4, 0.5) is 0 Å². The van der Waals surface area contributed by atoms with Crippen LogP contribution in [0.5, 0.6) is 11.5 Å². The smallest absolute Gasteiger partial charge is 0.312 e. The Morgan fingerprint density at radius 2 is 1.79 bits per heavy atom. The van der Waals surface area contributed by atoms with Crippen LogP contribution in [0.1, 0.15) is 91.5 Å². The minimum atomic E-state index is -0.591. The van der Waals surface area contributed by atoms with Crippen LogP contribution in [0.3, 0.4) is 0 Å². The lowest BCUT2D eigenvalue weighted by molar-refractivity contribution is -0.183. The first kappa shape index (κ1) is 22.6. The first-order chi connectivity index (χ1) is 13.0. The molecule has 158 valence electrons. The van der Waals surface area contributed by atoms with Crippen molar-refractivity contribution >= 4 is 5.97 Å². The van der Waals surface area contributed by atoms with Gasteiger partial charge in [0.2, 0.25) is 0 Å². The topological polar surface area (TPSA) is 55.8 Å². The predicted octanol–water partition coefficient (Wildman–Crippen LogP) is 6.21. The van der Waals surface area contributed by atoms with E-state index in [0.29, 0.717) is 12.2 Å². The Balaban J connectivity index is 2.19. The van der Waals surface area contributed by atoms with Crippen molar-refractivity contribution in [3.05, 3.63) is 23.8 Å². The molecule has 1 N–H and O–H groups in total. The second-order valence-electron chi connectivity index (χ2n) is 9.97. The third kappa shape index (κ3) is 4.64. The van der Waals surface area contributed by atoms with E-state index in [1.54, 1.807) is 13.2 Å². The molecule has 0 heterocycles. The second-order valence-corrected chi connectivity index (χ2v) is 9.97. The minimum absolute atomic E-state index is 0.0658. The van der Waals surface area contributed by atoms with Crippen LogP contribution in [-0.4, -0.2) is 23.8 Å². The fraction of sp³-hybridized carbons (Fsp3) is 0.708. The normalized spacial score (nSPS) is 18.0. The standard InChI is InChI=1S/C24H38O4/c1-8-17(18-11-12-19(25)20(15-18)27-7)16-23(5,6)21(26)28-24(22(2,3)4)13-9-10-14-24/h11-12,15,17,25H,8-10,13-14,16H2,1-7H3. The molecule has 0 radical (unpaired) electrons. The molecule has 0 aromatic heterocycles. The lowest BCUT2D eigenvalue weighted by Gasteiger charge is -2.43. The molecule has 1 unspecified atom stereocenters. The molecule has 4 heteroatoms. The molecule has 1 aromatic carbocycles. The summed E-state index contributed by atoms with van der Waals surface area (Å²) in [4.78, 5) is 13.2. The SMILES string of the molecule is CCC(CC(C)(C)C(=O)OC1(C(C)(C)C)CCCC1)c1ccc(O)c(OC)c1. The summed E-state index contributed by atoms with van der Waals surface area (Å²) in [6, 6.07) is 5.45. The number of rotatable bonds is 7. The van der Waals surface area contributed by atoms with Crippen molar-refractivity contribution in [1.82, 2.24) is 0 Å². The fourth-order valence-corrected chi connectivity index (χ4v) is 4.41. The molecule has 4 nitrogen and oxygen atoms in total. The maximum absolute atomic E-state index is 13.2. The van der Waals surface area contributed by atoms with Crippen molar-refractivity contribution in [2.75, 3.05) is 7.11 Å². The van der Waals surface area contributed by atoms with E-state index in [2.05, 4.69) is 27.7 Å². The average molecular weight is 391 g/mol. The third-order valence-electron chi connectivity index (χ3n) is 6.54. The number of phenolic OH excluding ortho intramolecular Hbond substituents is 1. The Kier molecular flexibility index (Phi) is 6.73. The van der Waals surface area contributed by atoms with Gasteiger partial charge in [0, 0.05) is 5.41 Å². The monoisotopic (exact) mass is 390 g/mol. The number of methoxy groups -OCH3 is 1. The molecule has 0 aliphatic heterocycles. The van der Waals surface area contributed by atoms with E-state index in [1.165, 1.54) is 0 Å². The van der Waals surface area contributed by atoms with E-state index in [-0.39, 0.29) is 28.7 Å². The Morgan fingerprint density at radius 3 is 2.29 bits per heavy atom. The summed E-state index contributed by atoms with van der Waals surface area (Å²) in [5.41, 5.74) is 0.0608. The van der Waals surface area contributed by atoms with Gasteiger partial charge in [-0.2, -0.15) is 0 Å². The van der Waals surface area contributed by atoms with Gasteiger partial charge in [0.1, 0.15) is 5.60 Å². The molecule has 0 saturated heterocycles. The highest BCUT2D eigenvalue weighted by Crippen LogP contribution is 2.48. The zero-order chi connectivity index (χ0) is 21.2. The highest BCUT2D eigenvalue weighted by Gasteiger charge is 2.49. The molecule has 1 atom stereocenters. The van der Waals surface area contributed by atoms with Crippen molar-refractivity contribution in [1.29, 1.82) is 0 Å². The van der Waals surface area contributed by atoms with E-state index in [4.69, 9.17) is 9.47 Å². The largest absolute Gasteiger partial charge is 0.504 e. The van der Waals surface area contributed by atoms with Gasteiger partial charge in [0.25, 0.3) is 0 Å². The number of ether oxygens (including phenoxy) is 2. The van der Waals surface area contributed by atoms with Crippen LogP contribution in [0.2, 0.25) is 0 Å². The first-order valence-corrected chi connectivity index (χ1v) is 10.6. The lowest BCUT2D eigenvalue weighted by Crippen LogP contribution is -2.47. The number of hydrogen-bond donors (Lipinski definition) is 1. The zero-order valence-electron chi connectivity index (χ0n) is 18.7. The summed E-state index contributed by atoms with van der Waals surface area (Å²) in [5.74, 6) is 0.682. The number of esters is 1. The molecule has 28 heavy (non-hydrogen) atoms. The summed E-state index contributed by atoms with van der Waals surface area (Å²) in [6.07, 6.45) is 5.73. The van der Waals surface area contributed by atoms with E-state index in [0.717, 1.165) is 37.7 Å². The molecule has 1 saturated carbocycles. The van der Waals surface area contributed by atoms with E-state index < -0.39 is 5.41 Å². The Bertz CT molecular complexity index is 678. The number of benzene rings is 1. The van der Waals surface area contributed by atoms with Gasteiger partial charge in [-0.3, -0.25) is 4.79 Å². The highest BCUT2D eigenvalue weighted by atomic mass is 16.6. The molecule has 2 rings (SSSR count). The fourth-order valence-electron chi connectivity index (χ4n) is 4.41. The van der Waals surface area contributed by atoms with Crippen molar-refractivity contribution in [2.45, 2.75) is 91.6 Å². The van der Waals surface area contributed by atoms with Crippen LogP contribution in [0, 0.1) is 10.8 Å². The van der Waals surface area contributed by atoms with Gasteiger partial charge in [-0.15, -0.1) is 0 Å². The van der Waals surface area contributed by atoms with Crippen molar-refractivity contribution in [2.24, 2.45) is 10.8 Å². The van der Waals surface area contributed by atoms with Gasteiger partial charge >= 0.3 is 5.97 Å². The van der Waals surface area contributed by atoms with Crippen LogP contribution in [0.15, 0.2) is 18.2 Å². The maximum Gasteiger partial charge on any atom is 0.312 e. The van der Waals surface area contributed by atoms with Crippen LogP contribution in [0.25, 0.3) is 0 Å². The molecule has 0 amide bonds. The quantitative estimate of drug-likeness (QED) is 0.562. The lowest BCUT2D eigenvalue weighted by atomic mass is 9.74. The summed E-state index contributed by atoms with van der Waals surface area (Å²) >= 11 is 0. The molecular weight excluding hydrogens is 352 g/mol. The van der Waals surface area contributed by atoms with E-state index in [9.17, 15) is 9.90 Å². The van der Waals surface area contributed by atoms with Crippen molar-refractivity contribution < 1.29 is 19.4 Å². The molecule has 0 spiro atoms. The summed E-state index contributed by atoms with van der Waals surface area (Å²) in [7, 11) is 1.55. The number of carbonyl (C=O) groups excluding carboxylic acids is 1. The summed E-state index contributed by atoms with van der Waals surface area (Å²) in [5, 5.41) is 9.88. The first-order valence-electron chi connectivity index (χ1n) is 10.6. The number of aromatic hydroxyl groups is 1. The number of carbonyl (C=O) groups is 1. The van der Waals surface area contributed by atoms with Crippen LogP contribution < -0.4 is 4.74 Å². The molecule has 1 fully saturated rings. The van der Waals surface area contributed by atoms with Gasteiger partial charge in [0.15, 0.2) is 11.5 Å². The Labute approximate surface area is 170 Å². The van der Waals surface area contributed by atoms with Gasteiger partial charge in [-0.25, -0.2) is 0 Å². The zero-order valence-corrected chi connectivity index (χ0v) is 18.7. The summed E-state index contributed by atoms with van der Waals surface area (Å²) in [6.45, 7) is 12.6. The van der Waals surface area contributed by atoms with Gasteiger partial charge in [-0.05, 0) is 76.0 Å². The van der Waals surface area contributed by atoms with Crippen LogP contribution >= 0.6 is 0 Å². The molecule has 0 bridgehead atoms. The molecule has 1 aliphatic rings. The van der Waals surface area contributed by atoms with Gasteiger partial charge < -0.3 is 14.6 Å². The highest BCUT2D eigenvalue weighted by molar-refractivity contribution is 5.76. The van der Waals surface area contributed by atoms with Gasteiger partial charge in [0.05, 0.1) is 12.5 Å². The predicted molar refractivity (Wildman–Crippen MR) is 113 cm³/mol. The molecular formula is C24H38O4. The Morgan fingerprint density at radius 1 is 1.18 bits per heavy atom. The second kappa shape index (κ2) is 8.34. The summed E-state index contributed by atoms with van der Waals surface area (Å²) < 4.78 is 11.5. The average Bonchev–Trinajstić information content (AvgIpc) is 3.10. The third-order valence-corrected chi connectivity index (χ3v) is 6.54. The maximum atomic E-state index is 13.2. The van der Waals surface area contributed by atoms with Gasteiger partial charge in [-0.1, -0.05) is 33.8 Å². The molecule has 1 aromatic rings. The van der Waals surface area contributed by atoms with Crippen molar-refractivity contribution in [3.8, 4) is 11.5 Å².